The molecule has 7 nitrogen and oxygen atoms in total. The van der Waals surface area contributed by atoms with Gasteiger partial charge >= 0.3 is 0 Å². The van der Waals surface area contributed by atoms with E-state index in [1.807, 2.05) is 0 Å². The number of halogens is 2. The fraction of sp³-hybridized carbons (Fsp3) is 0.500. The fourth-order valence-corrected chi connectivity index (χ4v) is 3.94. The molecule has 1 aliphatic heterocycles. The van der Waals surface area contributed by atoms with Crippen molar-refractivity contribution in [1.29, 1.82) is 0 Å². The number of hydrogen-bond donors (Lipinski definition) is 2. The third-order valence-electron chi connectivity index (χ3n) is 3.48. The fourth-order valence-electron chi connectivity index (χ4n) is 2.21. The summed E-state index contributed by atoms with van der Waals surface area (Å²) >= 11 is 3.17. The van der Waals surface area contributed by atoms with Crippen LogP contribution in [0.3, 0.4) is 0 Å². The predicted molar refractivity (Wildman–Crippen MR) is 89.0 cm³/mol. The Morgan fingerprint density at radius 3 is 2.73 bits per heavy atom. The molecule has 1 fully saturated rings. The molecular formula is C12H17BrClN3O4S. The maximum Gasteiger partial charge on any atom is 0.274 e. The van der Waals surface area contributed by atoms with Gasteiger partial charge in [-0.1, -0.05) is 15.9 Å². The summed E-state index contributed by atoms with van der Waals surface area (Å²) in [4.78, 5) is 10.3. The smallest absolute Gasteiger partial charge is 0.274 e. The molecule has 2 N–H and O–H groups in total. The van der Waals surface area contributed by atoms with E-state index in [0.717, 1.165) is 25.5 Å². The highest BCUT2D eigenvalue weighted by molar-refractivity contribution is 9.10. The van der Waals surface area contributed by atoms with Gasteiger partial charge in [-0.05, 0) is 32.4 Å². The van der Waals surface area contributed by atoms with Gasteiger partial charge in [-0.25, -0.2) is 13.1 Å². The topological polar surface area (TPSA) is 101 Å². The molecule has 0 amide bonds. The number of nitro groups is 1. The summed E-state index contributed by atoms with van der Waals surface area (Å²) in [5.74, 6) is 0. The highest BCUT2D eigenvalue weighted by atomic mass is 79.9. The maximum absolute atomic E-state index is 12.2. The van der Waals surface area contributed by atoms with Crippen LogP contribution in [0.5, 0.6) is 0 Å². The molecule has 1 unspecified atom stereocenters. The molecule has 22 heavy (non-hydrogen) atoms. The van der Waals surface area contributed by atoms with Crippen LogP contribution in [0.4, 0.5) is 5.69 Å². The molecule has 1 saturated heterocycles. The Bertz CT molecular complexity index is 663. The number of nitro benzene ring substituents is 1. The van der Waals surface area contributed by atoms with Crippen molar-refractivity contribution in [3.05, 3.63) is 32.3 Å². The van der Waals surface area contributed by atoms with Gasteiger partial charge in [0.2, 0.25) is 10.0 Å². The largest absolute Gasteiger partial charge is 0.313 e. The first-order valence-corrected chi connectivity index (χ1v) is 8.76. The molecule has 2 rings (SSSR count). The van der Waals surface area contributed by atoms with Gasteiger partial charge in [0.05, 0.1) is 9.82 Å². The molecule has 0 spiro atoms. The van der Waals surface area contributed by atoms with Crippen molar-refractivity contribution in [2.45, 2.75) is 30.7 Å². The van der Waals surface area contributed by atoms with Crippen molar-refractivity contribution in [2.75, 3.05) is 13.1 Å². The van der Waals surface area contributed by atoms with Gasteiger partial charge in [0.1, 0.15) is 0 Å². The van der Waals surface area contributed by atoms with Crippen LogP contribution in [0.25, 0.3) is 0 Å². The zero-order valence-corrected chi connectivity index (χ0v) is 15.1. The minimum absolute atomic E-state index is 0. The van der Waals surface area contributed by atoms with E-state index < -0.39 is 14.9 Å². The summed E-state index contributed by atoms with van der Waals surface area (Å²) in [6, 6.07) is 2.58. The molecule has 10 heteroatoms. The van der Waals surface area contributed by atoms with E-state index in [9.17, 15) is 18.5 Å². The van der Waals surface area contributed by atoms with Gasteiger partial charge in [0.25, 0.3) is 5.69 Å². The van der Waals surface area contributed by atoms with Crippen LogP contribution in [0, 0.1) is 17.0 Å². The number of benzene rings is 1. The van der Waals surface area contributed by atoms with E-state index in [-0.39, 0.29) is 35.6 Å². The first-order chi connectivity index (χ1) is 9.81. The first-order valence-electron chi connectivity index (χ1n) is 6.49. The summed E-state index contributed by atoms with van der Waals surface area (Å²) in [6.07, 6.45) is 1.94. The van der Waals surface area contributed by atoms with Gasteiger partial charge in [-0.15, -0.1) is 12.4 Å². The van der Waals surface area contributed by atoms with Gasteiger partial charge in [0, 0.05) is 28.7 Å². The van der Waals surface area contributed by atoms with Gasteiger partial charge < -0.3 is 5.32 Å². The molecule has 0 aromatic heterocycles. The monoisotopic (exact) mass is 413 g/mol. The lowest BCUT2D eigenvalue weighted by molar-refractivity contribution is -0.385. The Kier molecular flexibility index (Phi) is 6.75. The average molecular weight is 415 g/mol. The first kappa shape index (κ1) is 19.3. The number of hydrogen-bond acceptors (Lipinski definition) is 5. The molecular weight excluding hydrogens is 398 g/mol. The lowest BCUT2D eigenvalue weighted by atomic mass is 10.2. The number of rotatable bonds is 5. The van der Waals surface area contributed by atoms with Crippen LogP contribution >= 0.6 is 28.3 Å². The molecule has 0 saturated carbocycles. The molecule has 1 aromatic rings. The molecule has 124 valence electrons. The van der Waals surface area contributed by atoms with Crippen LogP contribution < -0.4 is 10.0 Å². The van der Waals surface area contributed by atoms with Gasteiger partial charge in [-0.3, -0.25) is 10.1 Å². The number of sulfonamides is 1. The number of nitrogens with one attached hydrogen (secondary N) is 2. The molecule has 0 bridgehead atoms. The SMILES string of the molecule is Cc1c(Br)cc(S(=O)(=O)NCC2CCCN2)cc1[N+](=O)[O-].Cl. The van der Waals surface area contributed by atoms with E-state index in [0.29, 0.717) is 10.0 Å². The van der Waals surface area contributed by atoms with Gasteiger partial charge in [-0.2, -0.15) is 0 Å². The van der Waals surface area contributed by atoms with Crippen LogP contribution in [0.2, 0.25) is 0 Å². The Morgan fingerprint density at radius 1 is 1.50 bits per heavy atom. The summed E-state index contributed by atoms with van der Waals surface area (Å²) in [7, 11) is -3.77. The van der Waals surface area contributed by atoms with Crippen molar-refractivity contribution < 1.29 is 13.3 Å². The van der Waals surface area contributed by atoms with E-state index in [1.54, 1.807) is 6.92 Å². The zero-order valence-electron chi connectivity index (χ0n) is 11.8. The third-order valence-corrected chi connectivity index (χ3v) is 5.71. The Balaban J connectivity index is 0.00000242. The minimum Gasteiger partial charge on any atom is -0.313 e. The van der Waals surface area contributed by atoms with E-state index >= 15 is 0 Å². The van der Waals surface area contributed by atoms with Crippen molar-refractivity contribution in [2.24, 2.45) is 0 Å². The quantitative estimate of drug-likeness (QED) is 0.567. The van der Waals surface area contributed by atoms with Crippen molar-refractivity contribution in [3.8, 4) is 0 Å². The second kappa shape index (κ2) is 7.69. The highest BCUT2D eigenvalue weighted by Gasteiger charge is 2.23. The molecule has 1 heterocycles. The summed E-state index contributed by atoms with van der Waals surface area (Å²) in [5, 5.41) is 14.2. The minimum atomic E-state index is -3.77. The summed E-state index contributed by atoms with van der Waals surface area (Å²) in [5.41, 5.74) is 0.181. The van der Waals surface area contributed by atoms with Crippen LogP contribution in [0.1, 0.15) is 18.4 Å². The second-order valence-corrected chi connectivity index (χ2v) is 7.57. The lowest BCUT2D eigenvalue weighted by Gasteiger charge is -2.12. The maximum atomic E-state index is 12.2. The van der Waals surface area contributed by atoms with Crippen molar-refractivity contribution in [3.63, 3.8) is 0 Å². The highest BCUT2D eigenvalue weighted by Crippen LogP contribution is 2.29. The molecule has 0 aliphatic carbocycles. The predicted octanol–water partition coefficient (Wildman–Crippen LogP) is 2.12. The Hall–Kier alpha value is -0.740. The van der Waals surface area contributed by atoms with Gasteiger partial charge in [0.15, 0.2) is 0 Å². The standard InChI is InChI=1S/C12H16BrN3O4S.ClH/c1-8-11(13)5-10(6-12(8)16(17)18)21(19,20)15-7-9-3-2-4-14-9;/h5-6,9,14-15H,2-4,7H2,1H3;1H. The van der Waals surface area contributed by atoms with E-state index in [1.165, 1.54) is 6.07 Å². The van der Waals surface area contributed by atoms with Crippen molar-refractivity contribution >= 4 is 44.0 Å². The summed E-state index contributed by atoms with van der Waals surface area (Å²) in [6.45, 7) is 2.73. The van der Waals surface area contributed by atoms with E-state index in [4.69, 9.17) is 0 Å². The Labute approximate surface area is 143 Å². The second-order valence-electron chi connectivity index (χ2n) is 4.95. The molecule has 1 aliphatic rings. The lowest BCUT2D eigenvalue weighted by Crippen LogP contribution is -2.37. The Morgan fingerprint density at radius 2 is 2.18 bits per heavy atom. The third kappa shape index (κ3) is 4.39. The normalized spacial score (nSPS) is 18.0. The summed E-state index contributed by atoms with van der Waals surface area (Å²) < 4.78 is 27.4. The van der Waals surface area contributed by atoms with Crippen molar-refractivity contribution in [1.82, 2.24) is 10.0 Å². The number of nitrogens with zero attached hydrogens (tertiary/aromatic N) is 1. The zero-order chi connectivity index (χ0) is 15.6. The van der Waals surface area contributed by atoms with Crippen LogP contribution in [0.15, 0.2) is 21.5 Å². The average Bonchev–Trinajstić information content (AvgIpc) is 2.92. The molecule has 0 radical (unpaired) electrons. The van der Waals surface area contributed by atoms with Crippen LogP contribution in [-0.2, 0) is 10.0 Å². The molecule has 1 atom stereocenters. The van der Waals surface area contributed by atoms with E-state index in [2.05, 4.69) is 26.0 Å². The molecule has 1 aromatic carbocycles. The van der Waals surface area contributed by atoms with Crippen LogP contribution in [-0.4, -0.2) is 32.5 Å².